The van der Waals surface area contributed by atoms with E-state index in [1.807, 2.05) is 0 Å². The molecular formula is C22H32NO5P. The SMILES string of the molecule is CC1CCCCN1C(C)COc1ccccc1Cc1ccccc1.O=P(O)(O)O. The zero-order chi connectivity index (χ0) is 21.3. The molecule has 2 aromatic carbocycles. The van der Waals surface area contributed by atoms with Crippen LogP contribution in [0.2, 0.25) is 0 Å². The highest BCUT2D eigenvalue weighted by atomic mass is 31.2. The van der Waals surface area contributed by atoms with Gasteiger partial charge >= 0.3 is 7.82 Å². The van der Waals surface area contributed by atoms with Gasteiger partial charge in [0, 0.05) is 18.5 Å². The van der Waals surface area contributed by atoms with Gasteiger partial charge in [-0.2, -0.15) is 0 Å². The van der Waals surface area contributed by atoms with Crippen molar-refractivity contribution in [2.24, 2.45) is 0 Å². The van der Waals surface area contributed by atoms with Crippen LogP contribution in [0.15, 0.2) is 54.6 Å². The monoisotopic (exact) mass is 421 g/mol. The number of likely N-dealkylation sites (tertiary alicyclic amines) is 1. The predicted octanol–water partition coefficient (Wildman–Crippen LogP) is 3.99. The molecule has 29 heavy (non-hydrogen) atoms. The number of rotatable bonds is 6. The topological polar surface area (TPSA) is 90.2 Å². The standard InChI is InChI=1S/C22H29NO.H3O4P/c1-18-10-8-9-15-23(18)19(2)17-24-22-14-7-6-13-21(22)16-20-11-4-3-5-12-20;1-5(2,3)4/h3-7,11-14,18-19H,8-10,15-17H2,1-2H3;(H3,1,2,3,4). The number of hydrogen-bond acceptors (Lipinski definition) is 3. The minimum Gasteiger partial charge on any atom is -0.492 e. The van der Waals surface area contributed by atoms with Crippen LogP contribution >= 0.6 is 7.82 Å². The first kappa shape index (κ1) is 23.6. The van der Waals surface area contributed by atoms with E-state index in [9.17, 15) is 0 Å². The van der Waals surface area contributed by atoms with E-state index >= 15 is 0 Å². The number of piperidine rings is 1. The van der Waals surface area contributed by atoms with Crippen LogP contribution in [0.3, 0.4) is 0 Å². The lowest BCUT2D eigenvalue weighted by atomic mass is 10.0. The molecule has 0 saturated carbocycles. The molecule has 7 heteroatoms. The lowest BCUT2D eigenvalue weighted by molar-refractivity contribution is 0.0814. The normalized spacial score (nSPS) is 18.4. The second-order valence-electron chi connectivity index (χ2n) is 7.53. The summed E-state index contributed by atoms with van der Waals surface area (Å²) in [4.78, 5) is 24.2. The van der Waals surface area contributed by atoms with Gasteiger partial charge in [0.15, 0.2) is 0 Å². The third kappa shape index (κ3) is 9.11. The molecule has 0 amide bonds. The Hall–Kier alpha value is -1.69. The molecule has 0 radical (unpaired) electrons. The third-order valence-electron chi connectivity index (χ3n) is 5.11. The molecule has 0 aliphatic carbocycles. The minimum absolute atomic E-state index is 0.463. The number of para-hydroxylation sites is 1. The van der Waals surface area contributed by atoms with Crippen LogP contribution in [0, 0.1) is 0 Å². The quantitative estimate of drug-likeness (QED) is 0.611. The van der Waals surface area contributed by atoms with Crippen molar-refractivity contribution in [3.8, 4) is 5.75 Å². The summed E-state index contributed by atoms with van der Waals surface area (Å²) in [6, 6.07) is 20.2. The Morgan fingerprint density at radius 1 is 1.07 bits per heavy atom. The minimum atomic E-state index is -4.64. The van der Waals surface area contributed by atoms with Gasteiger partial charge in [-0.05, 0) is 50.4 Å². The molecule has 0 spiro atoms. The first-order valence-electron chi connectivity index (χ1n) is 10.0. The number of hydrogen-bond donors (Lipinski definition) is 3. The Balaban J connectivity index is 0.000000537. The molecule has 160 valence electrons. The van der Waals surface area contributed by atoms with Crippen molar-refractivity contribution in [3.05, 3.63) is 65.7 Å². The van der Waals surface area contributed by atoms with Gasteiger partial charge in [-0.3, -0.25) is 4.90 Å². The molecule has 1 fully saturated rings. The first-order valence-corrected chi connectivity index (χ1v) is 11.6. The summed E-state index contributed by atoms with van der Waals surface area (Å²) < 4.78 is 15.1. The Labute approximate surface area is 173 Å². The highest BCUT2D eigenvalue weighted by Gasteiger charge is 2.23. The van der Waals surface area contributed by atoms with Gasteiger partial charge in [0.25, 0.3) is 0 Å². The van der Waals surface area contributed by atoms with Crippen molar-refractivity contribution < 1.29 is 24.0 Å². The molecule has 3 rings (SSSR count). The fourth-order valence-electron chi connectivity index (χ4n) is 3.69. The highest BCUT2D eigenvalue weighted by Crippen LogP contribution is 2.26. The van der Waals surface area contributed by atoms with Crippen molar-refractivity contribution in [3.63, 3.8) is 0 Å². The number of benzene rings is 2. The molecule has 1 aliphatic rings. The van der Waals surface area contributed by atoms with E-state index in [4.69, 9.17) is 24.0 Å². The van der Waals surface area contributed by atoms with Crippen molar-refractivity contribution in [2.45, 2.75) is 51.6 Å². The molecule has 1 saturated heterocycles. The maximum absolute atomic E-state index is 8.88. The molecule has 1 aliphatic heterocycles. The van der Waals surface area contributed by atoms with Gasteiger partial charge in [0.2, 0.25) is 0 Å². The van der Waals surface area contributed by atoms with Crippen LogP contribution in [0.1, 0.15) is 44.2 Å². The van der Waals surface area contributed by atoms with Gasteiger partial charge in [-0.25, -0.2) is 4.57 Å². The summed E-state index contributed by atoms with van der Waals surface area (Å²) in [5.74, 6) is 1.03. The molecular weight excluding hydrogens is 389 g/mol. The lowest BCUT2D eigenvalue weighted by Gasteiger charge is -2.37. The summed E-state index contributed by atoms with van der Waals surface area (Å²) in [6.07, 6.45) is 4.92. The van der Waals surface area contributed by atoms with E-state index in [0.29, 0.717) is 12.1 Å². The van der Waals surface area contributed by atoms with Gasteiger partial charge in [0.1, 0.15) is 12.4 Å². The van der Waals surface area contributed by atoms with E-state index in [2.05, 4.69) is 73.3 Å². The molecule has 0 aromatic heterocycles. The molecule has 6 nitrogen and oxygen atoms in total. The summed E-state index contributed by atoms with van der Waals surface area (Å²) in [7, 11) is -4.64. The zero-order valence-electron chi connectivity index (χ0n) is 17.1. The van der Waals surface area contributed by atoms with Gasteiger partial charge in [0.05, 0.1) is 0 Å². The first-order chi connectivity index (χ1) is 13.7. The molecule has 2 aromatic rings. The number of ether oxygens (including phenoxy) is 1. The third-order valence-corrected chi connectivity index (χ3v) is 5.11. The Morgan fingerprint density at radius 3 is 2.34 bits per heavy atom. The summed E-state index contributed by atoms with van der Waals surface area (Å²) >= 11 is 0. The van der Waals surface area contributed by atoms with Crippen LogP contribution in [0.5, 0.6) is 5.75 Å². The van der Waals surface area contributed by atoms with Crippen LogP contribution < -0.4 is 4.74 Å². The maximum Gasteiger partial charge on any atom is 0.466 e. The second kappa shape index (κ2) is 11.5. The highest BCUT2D eigenvalue weighted by molar-refractivity contribution is 7.45. The second-order valence-corrected chi connectivity index (χ2v) is 8.55. The van der Waals surface area contributed by atoms with Gasteiger partial charge in [-0.15, -0.1) is 0 Å². The lowest BCUT2D eigenvalue weighted by Crippen LogP contribution is -2.46. The number of phosphoric acid groups is 1. The number of nitrogens with zero attached hydrogens (tertiary/aromatic N) is 1. The van der Waals surface area contributed by atoms with Crippen LogP contribution in [0.25, 0.3) is 0 Å². The smallest absolute Gasteiger partial charge is 0.466 e. The Morgan fingerprint density at radius 2 is 1.69 bits per heavy atom. The van der Waals surface area contributed by atoms with E-state index < -0.39 is 7.82 Å². The molecule has 2 unspecified atom stereocenters. The molecule has 2 atom stereocenters. The van der Waals surface area contributed by atoms with Crippen molar-refractivity contribution in [1.82, 2.24) is 4.90 Å². The molecule has 3 N–H and O–H groups in total. The Kier molecular flexibility index (Phi) is 9.34. The van der Waals surface area contributed by atoms with Crippen molar-refractivity contribution >= 4 is 7.82 Å². The maximum atomic E-state index is 8.88. The summed E-state index contributed by atoms with van der Waals surface area (Å²) in [5.41, 5.74) is 2.59. The van der Waals surface area contributed by atoms with E-state index in [1.54, 1.807) is 0 Å². The van der Waals surface area contributed by atoms with Crippen LogP contribution in [0.4, 0.5) is 0 Å². The molecule has 1 heterocycles. The van der Waals surface area contributed by atoms with E-state index in [1.165, 1.54) is 36.9 Å². The largest absolute Gasteiger partial charge is 0.492 e. The fourth-order valence-corrected chi connectivity index (χ4v) is 3.69. The predicted molar refractivity (Wildman–Crippen MR) is 115 cm³/mol. The summed E-state index contributed by atoms with van der Waals surface area (Å²) in [5, 5.41) is 0. The summed E-state index contributed by atoms with van der Waals surface area (Å²) in [6.45, 7) is 6.61. The van der Waals surface area contributed by atoms with Crippen molar-refractivity contribution in [2.75, 3.05) is 13.2 Å². The van der Waals surface area contributed by atoms with Crippen molar-refractivity contribution in [1.29, 1.82) is 0 Å². The van der Waals surface area contributed by atoms with E-state index in [0.717, 1.165) is 18.8 Å². The van der Waals surface area contributed by atoms with Crippen LogP contribution in [-0.4, -0.2) is 44.8 Å². The Bertz CT molecular complexity index is 772. The zero-order valence-corrected chi connectivity index (χ0v) is 18.0. The van der Waals surface area contributed by atoms with Crippen LogP contribution in [-0.2, 0) is 11.0 Å². The van der Waals surface area contributed by atoms with Gasteiger partial charge < -0.3 is 19.4 Å². The average molecular weight is 421 g/mol. The molecule has 0 bridgehead atoms. The van der Waals surface area contributed by atoms with Gasteiger partial charge in [-0.1, -0.05) is 55.0 Å². The fraction of sp³-hybridized carbons (Fsp3) is 0.455. The van der Waals surface area contributed by atoms with E-state index in [-0.39, 0.29) is 0 Å². The average Bonchev–Trinajstić information content (AvgIpc) is 2.67.